The summed E-state index contributed by atoms with van der Waals surface area (Å²) < 4.78 is -2.95. The Kier molecular flexibility index (Phi) is 7.44. The van der Waals surface area contributed by atoms with Crippen LogP contribution in [-0.4, -0.2) is 30.8 Å². The number of unbranched alkanes of at least 4 members (excludes halogenated alkanes) is 2. The highest BCUT2D eigenvalue weighted by Crippen LogP contribution is 2.46. The van der Waals surface area contributed by atoms with E-state index in [1.165, 1.54) is 0 Å². The summed E-state index contributed by atoms with van der Waals surface area (Å²) in [7, 11) is 0. The van der Waals surface area contributed by atoms with Crippen LogP contribution in [-0.2, 0) is 9.59 Å². The molecule has 0 aromatic rings. The Bertz CT molecular complexity index is 278. The van der Waals surface area contributed by atoms with Gasteiger partial charge in [0.25, 0.3) is 0 Å². The van der Waals surface area contributed by atoms with Crippen LogP contribution in [0.2, 0.25) is 0 Å². The summed E-state index contributed by atoms with van der Waals surface area (Å²) in [5.74, 6) is -2.27. The number of rotatable bonds is 9. The second-order valence-corrected chi connectivity index (χ2v) is 7.13. The van der Waals surface area contributed by atoms with E-state index in [0.29, 0.717) is 12.8 Å². The van der Waals surface area contributed by atoms with E-state index in [1.807, 2.05) is 13.8 Å². The fraction of sp³-hybridized carbons (Fsp3) is 0.833. The normalized spacial score (nSPS) is 17.8. The molecule has 2 N–H and O–H groups in total. The third-order valence-corrected chi connectivity index (χ3v) is 6.41. The van der Waals surface area contributed by atoms with E-state index in [0.717, 1.165) is 12.8 Å². The molecule has 0 spiro atoms. The van der Waals surface area contributed by atoms with Crippen LogP contribution in [0.15, 0.2) is 0 Å². The maximum absolute atomic E-state index is 11.5. The summed E-state index contributed by atoms with van der Waals surface area (Å²) in [6, 6.07) is 0. The van der Waals surface area contributed by atoms with Gasteiger partial charge in [0.15, 0.2) is 0 Å². The number of hydrogen-bond donors (Lipinski definition) is 2. The molecule has 4 nitrogen and oxygen atoms in total. The van der Waals surface area contributed by atoms with E-state index < -0.39 is 20.6 Å². The van der Waals surface area contributed by atoms with Crippen LogP contribution in [0.4, 0.5) is 0 Å². The van der Waals surface area contributed by atoms with Gasteiger partial charge in [0.2, 0.25) is 0 Å². The van der Waals surface area contributed by atoms with E-state index in [9.17, 15) is 19.8 Å². The first-order valence-corrected chi connectivity index (χ1v) is 7.69. The largest absolute Gasteiger partial charge is 0.480 e. The van der Waals surface area contributed by atoms with Gasteiger partial charge >= 0.3 is 11.9 Å². The van der Waals surface area contributed by atoms with Crippen molar-refractivity contribution in [3.63, 3.8) is 0 Å². The number of alkyl halides is 2. The molecule has 0 radical (unpaired) electrons. The van der Waals surface area contributed by atoms with Crippen molar-refractivity contribution in [2.45, 2.75) is 61.0 Å². The molecule has 0 rings (SSSR count). The minimum absolute atomic E-state index is 0.278. The van der Waals surface area contributed by atoms with E-state index in [-0.39, 0.29) is 12.8 Å². The van der Waals surface area contributed by atoms with Crippen molar-refractivity contribution in [2.24, 2.45) is 0 Å². The second kappa shape index (κ2) is 7.48. The predicted molar refractivity (Wildman–Crippen MR) is 77.6 cm³/mol. The zero-order valence-electron chi connectivity index (χ0n) is 10.7. The minimum atomic E-state index is -1.48. The minimum Gasteiger partial charge on any atom is -0.480 e. The van der Waals surface area contributed by atoms with E-state index in [4.69, 9.17) is 0 Å². The van der Waals surface area contributed by atoms with Crippen LogP contribution < -0.4 is 0 Å². The summed E-state index contributed by atoms with van der Waals surface area (Å²) in [5.41, 5.74) is 0. The van der Waals surface area contributed by atoms with Crippen molar-refractivity contribution in [3.8, 4) is 0 Å². The Morgan fingerprint density at radius 3 is 1.33 bits per heavy atom. The van der Waals surface area contributed by atoms with Crippen molar-refractivity contribution in [1.82, 2.24) is 0 Å². The third kappa shape index (κ3) is 3.70. The van der Waals surface area contributed by atoms with Gasteiger partial charge in [0.1, 0.15) is 8.65 Å². The molecule has 6 heteroatoms. The van der Waals surface area contributed by atoms with Crippen LogP contribution in [0.5, 0.6) is 0 Å². The Hall–Kier alpha value is -0.100. The summed E-state index contributed by atoms with van der Waals surface area (Å²) in [6.45, 7) is 3.88. The first-order valence-electron chi connectivity index (χ1n) is 6.10. The zero-order chi connectivity index (χ0) is 14.4. The van der Waals surface area contributed by atoms with Gasteiger partial charge in [-0.3, -0.25) is 9.59 Å². The maximum atomic E-state index is 11.5. The zero-order valence-corrected chi connectivity index (χ0v) is 13.9. The molecule has 0 aromatic heterocycles. The number of halogens is 2. The molecule has 0 bridgehead atoms. The molecule has 0 amide bonds. The third-order valence-electron chi connectivity index (χ3n) is 3.06. The predicted octanol–water partition coefficient (Wildman–Crippen LogP) is 3.80. The molecule has 18 heavy (non-hydrogen) atoms. The topological polar surface area (TPSA) is 74.6 Å². The van der Waals surface area contributed by atoms with Gasteiger partial charge in [0, 0.05) is 0 Å². The molecule has 0 aliphatic carbocycles. The maximum Gasteiger partial charge on any atom is 0.322 e. The van der Waals surface area contributed by atoms with Crippen molar-refractivity contribution >= 4 is 43.8 Å². The molecule has 0 aliphatic heterocycles. The molecule has 2 unspecified atom stereocenters. The molecule has 0 aromatic carbocycles. The molecule has 2 atom stereocenters. The SMILES string of the molecule is CCCCC(Br)(C(=O)O)C(Br)(CCCC)C(=O)O. The highest BCUT2D eigenvalue weighted by molar-refractivity contribution is 9.13. The van der Waals surface area contributed by atoms with Crippen molar-refractivity contribution in [1.29, 1.82) is 0 Å². The van der Waals surface area contributed by atoms with Gasteiger partial charge in [-0.05, 0) is 12.8 Å². The molecule has 0 aliphatic rings. The average Bonchev–Trinajstić information content (AvgIpc) is 2.32. The van der Waals surface area contributed by atoms with Crippen LogP contribution in [0.3, 0.4) is 0 Å². The highest BCUT2D eigenvalue weighted by atomic mass is 79.9. The molecular weight excluding hydrogens is 368 g/mol. The standard InChI is InChI=1S/C12H20Br2O4/c1-3-5-7-11(13,9(15)16)12(14,10(17)18)8-6-4-2/h3-8H2,1-2H3,(H,15,16)(H,17,18). The Morgan fingerprint density at radius 1 is 0.889 bits per heavy atom. The summed E-state index contributed by atoms with van der Waals surface area (Å²) in [5, 5.41) is 18.8. The number of carboxylic acids is 2. The van der Waals surface area contributed by atoms with E-state index in [2.05, 4.69) is 31.9 Å². The first-order chi connectivity index (χ1) is 8.26. The number of aliphatic carboxylic acids is 2. The highest BCUT2D eigenvalue weighted by Gasteiger charge is 2.58. The van der Waals surface area contributed by atoms with Gasteiger partial charge in [-0.15, -0.1) is 0 Å². The summed E-state index contributed by atoms with van der Waals surface area (Å²) in [6.07, 6.45) is 3.50. The second-order valence-electron chi connectivity index (χ2n) is 4.42. The smallest absolute Gasteiger partial charge is 0.322 e. The Labute approximate surface area is 124 Å². The monoisotopic (exact) mass is 386 g/mol. The molecule has 0 saturated carbocycles. The van der Waals surface area contributed by atoms with Crippen LogP contribution >= 0.6 is 31.9 Å². The lowest BCUT2D eigenvalue weighted by atomic mass is 9.84. The fourth-order valence-corrected chi connectivity index (χ4v) is 3.09. The Morgan fingerprint density at radius 2 is 1.17 bits per heavy atom. The fourth-order valence-electron chi connectivity index (χ4n) is 1.79. The lowest BCUT2D eigenvalue weighted by molar-refractivity contribution is -0.149. The van der Waals surface area contributed by atoms with Crippen molar-refractivity contribution in [2.75, 3.05) is 0 Å². The van der Waals surface area contributed by atoms with Gasteiger partial charge < -0.3 is 10.2 Å². The summed E-state index contributed by atoms with van der Waals surface area (Å²) in [4.78, 5) is 23.0. The lowest BCUT2D eigenvalue weighted by Gasteiger charge is -2.37. The van der Waals surface area contributed by atoms with Crippen LogP contribution in [0.25, 0.3) is 0 Å². The van der Waals surface area contributed by atoms with Gasteiger partial charge in [-0.1, -0.05) is 71.4 Å². The van der Waals surface area contributed by atoms with E-state index in [1.54, 1.807) is 0 Å². The lowest BCUT2D eigenvalue weighted by Crippen LogP contribution is -2.55. The number of hydrogen-bond acceptors (Lipinski definition) is 2. The van der Waals surface area contributed by atoms with Crippen LogP contribution in [0.1, 0.15) is 52.4 Å². The van der Waals surface area contributed by atoms with Crippen molar-refractivity contribution < 1.29 is 19.8 Å². The van der Waals surface area contributed by atoms with Gasteiger partial charge in [0.05, 0.1) is 0 Å². The molecule has 0 heterocycles. The quantitative estimate of drug-likeness (QED) is 0.590. The number of carboxylic acid groups (broad SMARTS) is 2. The molecule has 0 fully saturated rings. The molecule has 0 saturated heterocycles. The van der Waals surface area contributed by atoms with Gasteiger partial charge in [-0.25, -0.2) is 0 Å². The molecular formula is C12H20Br2O4. The Balaban J connectivity index is 5.34. The first kappa shape index (κ1) is 17.9. The summed E-state index contributed by atoms with van der Waals surface area (Å²) >= 11 is 6.35. The van der Waals surface area contributed by atoms with Crippen LogP contribution in [0, 0.1) is 0 Å². The van der Waals surface area contributed by atoms with Crippen molar-refractivity contribution in [3.05, 3.63) is 0 Å². The van der Waals surface area contributed by atoms with E-state index >= 15 is 0 Å². The number of carbonyl (C=O) groups is 2. The van der Waals surface area contributed by atoms with Gasteiger partial charge in [-0.2, -0.15) is 0 Å². The molecule has 106 valence electrons. The average molecular weight is 388 g/mol.